The third-order valence-electron chi connectivity index (χ3n) is 5.46. The molecular weight excluding hydrogens is 290 g/mol. The molecule has 23 heavy (non-hydrogen) atoms. The number of ketones is 1. The number of Topliss-reactive ketones (excluding diaryl/α,β-unsaturated/α-hetero) is 1. The van der Waals surface area contributed by atoms with E-state index < -0.39 is 10.8 Å². The zero-order chi connectivity index (χ0) is 17.0. The molecule has 0 saturated carbocycles. The summed E-state index contributed by atoms with van der Waals surface area (Å²) < 4.78 is 5.44. The summed E-state index contributed by atoms with van der Waals surface area (Å²) >= 11 is 0. The Kier molecular flexibility index (Phi) is 3.33. The second kappa shape index (κ2) is 4.89. The predicted octanol–water partition coefficient (Wildman–Crippen LogP) is 2.67. The van der Waals surface area contributed by atoms with Gasteiger partial charge >= 0.3 is 0 Å². The van der Waals surface area contributed by atoms with E-state index in [9.17, 15) is 10.1 Å². The molecule has 0 fully saturated rings. The van der Waals surface area contributed by atoms with Crippen molar-refractivity contribution >= 4 is 5.78 Å². The Labute approximate surface area is 136 Å². The van der Waals surface area contributed by atoms with Gasteiger partial charge < -0.3 is 4.74 Å². The standard InChI is InChI=1S/C18H21N3O2/c1-10-20-14-12(16(21-10)23-5)6-7-13-17(2,3)15(22)11(9-19)8-18(13,14)4/h8,13H,6-7H2,1-5H3/t13-,18-/m0/s1. The summed E-state index contributed by atoms with van der Waals surface area (Å²) in [6.45, 7) is 7.80. The Hall–Kier alpha value is -2.22. The van der Waals surface area contributed by atoms with Crippen LogP contribution in [-0.4, -0.2) is 22.9 Å². The van der Waals surface area contributed by atoms with Gasteiger partial charge in [0.05, 0.1) is 18.4 Å². The second-order valence-electron chi connectivity index (χ2n) is 7.20. The number of carbonyl (C=O) groups is 1. The van der Waals surface area contributed by atoms with Gasteiger partial charge in [0.15, 0.2) is 5.78 Å². The zero-order valence-electron chi connectivity index (χ0n) is 14.2. The highest BCUT2D eigenvalue weighted by Gasteiger charge is 2.55. The van der Waals surface area contributed by atoms with Crippen LogP contribution in [-0.2, 0) is 16.6 Å². The van der Waals surface area contributed by atoms with Gasteiger partial charge in [0.2, 0.25) is 5.88 Å². The van der Waals surface area contributed by atoms with E-state index in [2.05, 4.69) is 23.0 Å². The van der Waals surface area contributed by atoms with E-state index in [-0.39, 0.29) is 17.3 Å². The highest BCUT2D eigenvalue weighted by Crippen LogP contribution is 2.54. The minimum Gasteiger partial charge on any atom is -0.481 e. The number of nitriles is 1. The number of aryl methyl sites for hydroxylation is 1. The number of fused-ring (bicyclic) bond motifs is 3. The van der Waals surface area contributed by atoms with Crippen LogP contribution in [0.15, 0.2) is 11.6 Å². The van der Waals surface area contributed by atoms with Crippen molar-refractivity contribution in [1.29, 1.82) is 5.26 Å². The third kappa shape index (κ3) is 2.01. The lowest BCUT2D eigenvalue weighted by atomic mass is 9.52. The first-order valence-electron chi connectivity index (χ1n) is 7.85. The normalized spacial score (nSPS) is 28.3. The Morgan fingerprint density at radius 1 is 1.35 bits per heavy atom. The lowest BCUT2D eigenvalue weighted by Gasteiger charge is -2.50. The predicted molar refractivity (Wildman–Crippen MR) is 85.0 cm³/mol. The molecule has 0 amide bonds. The van der Waals surface area contributed by atoms with E-state index in [1.165, 1.54) is 0 Å². The van der Waals surface area contributed by atoms with Gasteiger partial charge in [-0.2, -0.15) is 10.2 Å². The Balaban J connectivity index is 2.32. The summed E-state index contributed by atoms with van der Waals surface area (Å²) in [7, 11) is 1.61. The van der Waals surface area contributed by atoms with Crippen LogP contribution in [0.4, 0.5) is 0 Å². The van der Waals surface area contributed by atoms with Crippen molar-refractivity contribution in [2.24, 2.45) is 11.3 Å². The molecule has 0 saturated heterocycles. The highest BCUT2D eigenvalue weighted by molar-refractivity contribution is 6.04. The second-order valence-corrected chi connectivity index (χ2v) is 7.20. The van der Waals surface area contributed by atoms with Crippen LogP contribution in [0.2, 0.25) is 0 Å². The highest BCUT2D eigenvalue weighted by atomic mass is 16.5. The fourth-order valence-electron chi connectivity index (χ4n) is 4.40. The summed E-state index contributed by atoms with van der Waals surface area (Å²) in [4.78, 5) is 21.7. The van der Waals surface area contributed by atoms with Gasteiger partial charge in [0, 0.05) is 16.4 Å². The monoisotopic (exact) mass is 311 g/mol. The van der Waals surface area contributed by atoms with Gasteiger partial charge in [0.25, 0.3) is 0 Å². The van der Waals surface area contributed by atoms with E-state index >= 15 is 0 Å². The number of hydrogen-bond acceptors (Lipinski definition) is 5. The van der Waals surface area contributed by atoms with Crippen molar-refractivity contribution in [3.63, 3.8) is 0 Å². The van der Waals surface area contributed by atoms with Crippen LogP contribution in [0.3, 0.4) is 0 Å². The van der Waals surface area contributed by atoms with E-state index in [4.69, 9.17) is 4.74 Å². The summed E-state index contributed by atoms with van der Waals surface area (Å²) in [5.41, 5.74) is 1.08. The molecule has 0 bridgehead atoms. The first-order chi connectivity index (χ1) is 10.8. The van der Waals surface area contributed by atoms with Gasteiger partial charge in [-0.1, -0.05) is 26.8 Å². The van der Waals surface area contributed by atoms with E-state index in [1.54, 1.807) is 7.11 Å². The largest absolute Gasteiger partial charge is 0.481 e. The average molecular weight is 311 g/mol. The van der Waals surface area contributed by atoms with Crippen LogP contribution in [0, 0.1) is 29.6 Å². The van der Waals surface area contributed by atoms with Crippen LogP contribution in [0.25, 0.3) is 0 Å². The number of methoxy groups -OCH3 is 1. The van der Waals surface area contributed by atoms with Crippen molar-refractivity contribution in [3.8, 4) is 11.9 Å². The maximum atomic E-state index is 12.6. The molecule has 2 atom stereocenters. The van der Waals surface area contributed by atoms with E-state index in [0.29, 0.717) is 11.7 Å². The van der Waals surface area contributed by atoms with Crippen molar-refractivity contribution in [2.75, 3.05) is 7.11 Å². The lowest BCUT2D eigenvalue weighted by molar-refractivity contribution is -0.128. The molecular formula is C18H21N3O2. The van der Waals surface area contributed by atoms with E-state index in [0.717, 1.165) is 24.1 Å². The fraction of sp³-hybridized carbons (Fsp3) is 0.556. The minimum atomic E-state index is -0.585. The summed E-state index contributed by atoms with van der Waals surface area (Å²) in [6, 6.07) is 2.08. The number of rotatable bonds is 1. The topological polar surface area (TPSA) is 75.9 Å². The molecule has 1 aromatic rings. The molecule has 2 aliphatic rings. The van der Waals surface area contributed by atoms with Crippen molar-refractivity contribution in [2.45, 2.75) is 46.0 Å². The number of nitrogens with zero attached hydrogens (tertiary/aromatic N) is 3. The Morgan fingerprint density at radius 3 is 2.65 bits per heavy atom. The molecule has 0 radical (unpaired) electrons. The minimum absolute atomic E-state index is 0.0660. The fourth-order valence-corrected chi connectivity index (χ4v) is 4.40. The summed E-state index contributed by atoms with van der Waals surface area (Å²) in [5.74, 6) is 1.28. The number of hydrogen-bond donors (Lipinski definition) is 0. The van der Waals surface area contributed by atoms with Crippen LogP contribution in [0.1, 0.15) is 44.3 Å². The van der Waals surface area contributed by atoms with Gasteiger partial charge in [-0.25, -0.2) is 4.98 Å². The number of allylic oxidation sites excluding steroid dienone is 2. The first-order valence-corrected chi connectivity index (χ1v) is 7.85. The molecule has 0 spiro atoms. The van der Waals surface area contributed by atoms with Crippen LogP contribution < -0.4 is 4.74 Å². The SMILES string of the molecule is COc1nc(C)nc2c1CC[C@H]1C(C)(C)C(=O)C(C#N)=C[C@]21C. The first kappa shape index (κ1) is 15.7. The third-order valence-corrected chi connectivity index (χ3v) is 5.46. The molecule has 1 aromatic heterocycles. The molecule has 0 aliphatic heterocycles. The maximum Gasteiger partial charge on any atom is 0.219 e. The van der Waals surface area contributed by atoms with Crippen LogP contribution in [0.5, 0.6) is 5.88 Å². The van der Waals surface area contributed by atoms with Crippen molar-refractivity contribution in [3.05, 3.63) is 28.7 Å². The average Bonchev–Trinajstić information content (AvgIpc) is 2.51. The van der Waals surface area contributed by atoms with Crippen molar-refractivity contribution < 1.29 is 9.53 Å². The smallest absolute Gasteiger partial charge is 0.219 e. The molecule has 5 nitrogen and oxygen atoms in total. The molecule has 3 rings (SSSR count). The number of ether oxygens (including phenoxy) is 1. The molecule has 120 valence electrons. The zero-order valence-corrected chi connectivity index (χ0v) is 14.2. The number of aromatic nitrogens is 2. The molecule has 2 aliphatic carbocycles. The quantitative estimate of drug-likeness (QED) is 0.797. The Morgan fingerprint density at radius 2 is 2.04 bits per heavy atom. The van der Waals surface area contributed by atoms with Gasteiger partial charge in [-0.3, -0.25) is 4.79 Å². The lowest BCUT2D eigenvalue weighted by Crippen LogP contribution is -2.51. The van der Waals surface area contributed by atoms with E-state index in [1.807, 2.05) is 26.8 Å². The van der Waals surface area contributed by atoms with Gasteiger partial charge in [-0.15, -0.1) is 0 Å². The molecule has 0 aromatic carbocycles. The molecule has 5 heteroatoms. The van der Waals surface area contributed by atoms with Crippen LogP contribution >= 0.6 is 0 Å². The van der Waals surface area contributed by atoms with Gasteiger partial charge in [0.1, 0.15) is 11.9 Å². The number of carbonyl (C=O) groups excluding carboxylic acids is 1. The maximum absolute atomic E-state index is 12.6. The molecule has 0 N–H and O–H groups in total. The molecule has 1 heterocycles. The summed E-state index contributed by atoms with van der Waals surface area (Å²) in [6.07, 6.45) is 3.45. The Bertz CT molecular complexity index is 773. The summed E-state index contributed by atoms with van der Waals surface area (Å²) in [5, 5.41) is 9.41. The van der Waals surface area contributed by atoms with Gasteiger partial charge in [-0.05, 0) is 25.7 Å². The molecule has 0 unspecified atom stereocenters. The van der Waals surface area contributed by atoms with Crippen molar-refractivity contribution in [1.82, 2.24) is 9.97 Å².